The van der Waals surface area contributed by atoms with Gasteiger partial charge < -0.3 is 5.32 Å². The molecule has 0 atom stereocenters. The molecule has 0 bridgehead atoms. The van der Waals surface area contributed by atoms with Crippen LogP contribution in [0.15, 0.2) is 84.1 Å². The lowest BCUT2D eigenvalue weighted by Gasteiger charge is -2.09. The fourth-order valence-electron chi connectivity index (χ4n) is 3.41. The molecule has 6 nitrogen and oxygen atoms in total. The summed E-state index contributed by atoms with van der Waals surface area (Å²) in [6, 6.07) is 22.4. The largest absolute Gasteiger partial charge is 0.325 e. The number of imidazole rings is 1. The monoisotopic (exact) mass is 459 g/mol. The molecule has 7 heteroatoms. The zero-order chi connectivity index (χ0) is 23.6. The maximum Gasteiger partial charge on any atom is 0.240 e. The van der Waals surface area contributed by atoms with Gasteiger partial charge in [0.15, 0.2) is 0 Å². The Labute approximate surface area is 193 Å². The summed E-state index contributed by atoms with van der Waals surface area (Å²) in [6.45, 7) is 5.88. The van der Waals surface area contributed by atoms with Gasteiger partial charge in [0.1, 0.15) is 5.75 Å². The summed E-state index contributed by atoms with van der Waals surface area (Å²) < 4.78 is 28.1. The van der Waals surface area contributed by atoms with E-state index in [1.165, 1.54) is 4.57 Å². The van der Waals surface area contributed by atoms with Crippen LogP contribution in [-0.2, 0) is 14.6 Å². The van der Waals surface area contributed by atoms with Gasteiger partial charge in [-0.25, -0.2) is 13.4 Å². The number of carbonyl (C=O) groups is 1. The first-order chi connectivity index (χ1) is 15.7. The van der Waals surface area contributed by atoms with Crippen molar-refractivity contribution in [3.8, 4) is 16.9 Å². The van der Waals surface area contributed by atoms with E-state index in [0.29, 0.717) is 17.1 Å². The van der Waals surface area contributed by atoms with Crippen molar-refractivity contribution in [2.75, 3.05) is 11.1 Å². The Hall–Kier alpha value is -3.71. The third-order valence-corrected chi connectivity index (χ3v) is 6.75. The highest BCUT2D eigenvalue weighted by molar-refractivity contribution is 7.92. The fourth-order valence-corrected chi connectivity index (χ4v) is 4.65. The number of hydrogen-bond acceptors (Lipinski definition) is 4. The summed E-state index contributed by atoms with van der Waals surface area (Å²) in [6.07, 6.45) is 1.69. The number of hydrogen-bond donors (Lipinski definition) is 1. The van der Waals surface area contributed by atoms with E-state index in [4.69, 9.17) is 0 Å². The number of amides is 1. The number of nitrogens with one attached hydrogen (secondary N) is 1. The smallest absolute Gasteiger partial charge is 0.240 e. The molecular formula is C26H25N3O3S. The van der Waals surface area contributed by atoms with Gasteiger partial charge in [-0.05, 0) is 45.0 Å². The van der Waals surface area contributed by atoms with Crippen molar-refractivity contribution in [1.29, 1.82) is 0 Å². The molecular weight excluding hydrogens is 434 g/mol. The van der Waals surface area contributed by atoms with Crippen molar-refractivity contribution in [3.63, 3.8) is 0 Å². The molecule has 0 saturated carbocycles. The van der Waals surface area contributed by atoms with Gasteiger partial charge in [-0.1, -0.05) is 65.2 Å². The molecule has 0 unspecified atom stereocenters. The van der Waals surface area contributed by atoms with Crippen LogP contribution in [0.3, 0.4) is 0 Å². The molecule has 0 radical (unpaired) electrons. The lowest BCUT2D eigenvalue weighted by Crippen LogP contribution is -2.25. The van der Waals surface area contributed by atoms with Crippen LogP contribution in [0.5, 0.6) is 0 Å². The molecule has 1 amide bonds. The topological polar surface area (TPSA) is 81.1 Å². The molecule has 1 heterocycles. The Morgan fingerprint density at radius 3 is 1.91 bits per heavy atom. The minimum absolute atomic E-state index is 0.166. The van der Waals surface area contributed by atoms with Crippen LogP contribution in [0.2, 0.25) is 0 Å². The Bertz CT molecular complexity index is 1390. The number of aryl methyl sites for hydroxylation is 3. The zero-order valence-electron chi connectivity index (χ0n) is 18.7. The first-order valence-corrected chi connectivity index (χ1v) is 12.2. The van der Waals surface area contributed by atoms with Crippen molar-refractivity contribution >= 4 is 21.4 Å². The van der Waals surface area contributed by atoms with Crippen LogP contribution in [0.25, 0.3) is 16.9 Å². The first-order valence-electron chi connectivity index (χ1n) is 10.5. The molecule has 4 rings (SSSR count). The van der Waals surface area contributed by atoms with Crippen molar-refractivity contribution in [1.82, 2.24) is 9.55 Å². The zero-order valence-corrected chi connectivity index (χ0v) is 19.6. The van der Waals surface area contributed by atoms with Crippen LogP contribution in [0.4, 0.5) is 5.69 Å². The molecule has 0 saturated heterocycles. The molecule has 1 N–H and O–H groups in total. The van der Waals surface area contributed by atoms with E-state index in [1.54, 1.807) is 18.3 Å². The molecule has 0 aliphatic heterocycles. The molecule has 33 heavy (non-hydrogen) atoms. The molecule has 0 fully saturated rings. The molecule has 0 spiro atoms. The third kappa shape index (κ3) is 5.21. The summed E-state index contributed by atoms with van der Waals surface area (Å²) in [4.78, 5) is 17.0. The van der Waals surface area contributed by atoms with Crippen molar-refractivity contribution in [3.05, 3.63) is 95.7 Å². The lowest BCUT2D eigenvalue weighted by molar-refractivity contribution is -0.113. The second kappa shape index (κ2) is 9.03. The van der Waals surface area contributed by atoms with E-state index in [1.807, 2.05) is 81.4 Å². The van der Waals surface area contributed by atoms with E-state index >= 15 is 0 Å². The second-order valence-electron chi connectivity index (χ2n) is 8.15. The van der Waals surface area contributed by atoms with Crippen LogP contribution in [-0.4, -0.2) is 29.6 Å². The number of anilines is 1. The van der Waals surface area contributed by atoms with Gasteiger partial charge in [-0.3, -0.25) is 9.36 Å². The number of rotatable bonds is 6. The third-order valence-electron chi connectivity index (χ3n) is 5.27. The minimum Gasteiger partial charge on any atom is -0.325 e. The summed E-state index contributed by atoms with van der Waals surface area (Å²) in [5.74, 6) is -1.33. The lowest BCUT2D eigenvalue weighted by atomic mass is 10.1. The van der Waals surface area contributed by atoms with Crippen LogP contribution in [0.1, 0.15) is 16.7 Å². The van der Waals surface area contributed by atoms with E-state index in [9.17, 15) is 13.2 Å². The van der Waals surface area contributed by atoms with Gasteiger partial charge in [-0.2, -0.15) is 0 Å². The highest BCUT2D eigenvalue weighted by Crippen LogP contribution is 2.25. The summed E-state index contributed by atoms with van der Waals surface area (Å²) in [5, 5.41) is 2.49. The van der Waals surface area contributed by atoms with Crippen LogP contribution in [0, 0.1) is 20.8 Å². The van der Waals surface area contributed by atoms with Crippen molar-refractivity contribution in [2.24, 2.45) is 0 Å². The fraction of sp³-hybridized carbons (Fsp3) is 0.154. The van der Waals surface area contributed by atoms with E-state index in [-0.39, 0.29) is 5.16 Å². The predicted octanol–water partition coefficient (Wildman–Crippen LogP) is 4.88. The molecule has 4 aromatic rings. The quantitative estimate of drug-likeness (QED) is 0.446. The number of nitrogens with zero attached hydrogens (tertiary/aromatic N) is 2. The summed E-state index contributed by atoms with van der Waals surface area (Å²) >= 11 is 0. The molecule has 1 aromatic heterocycles. The van der Waals surface area contributed by atoms with Crippen molar-refractivity contribution < 1.29 is 13.2 Å². The first kappa shape index (κ1) is 22.5. The SMILES string of the molecule is Cc1ccc(NC(=O)CS(=O)(=O)c2nc(-c3ccc(C)cc3)cn2-c2ccc(C)cc2)cc1. The number of carbonyl (C=O) groups excluding carboxylic acids is 1. The van der Waals surface area contributed by atoms with Gasteiger partial charge in [0.25, 0.3) is 0 Å². The Morgan fingerprint density at radius 1 is 0.818 bits per heavy atom. The van der Waals surface area contributed by atoms with Gasteiger partial charge in [-0.15, -0.1) is 0 Å². The Balaban J connectivity index is 1.70. The highest BCUT2D eigenvalue weighted by atomic mass is 32.2. The Morgan fingerprint density at radius 2 is 1.33 bits per heavy atom. The van der Waals surface area contributed by atoms with Gasteiger partial charge >= 0.3 is 0 Å². The van der Waals surface area contributed by atoms with Gasteiger partial charge in [0.2, 0.25) is 20.9 Å². The average molecular weight is 460 g/mol. The second-order valence-corrected chi connectivity index (χ2v) is 10.0. The standard InChI is InChI=1S/C26H25N3O3S/c1-18-4-10-21(11-5-18)24-16-29(23-14-8-20(3)9-15-23)26(28-24)33(31,32)17-25(30)27-22-12-6-19(2)7-13-22/h4-16H,17H2,1-3H3,(H,27,30). The molecule has 168 valence electrons. The van der Waals surface area contributed by atoms with E-state index < -0.39 is 21.5 Å². The highest BCUT2D eigenvalue weighted by Gasteiger charge is 2.27. The van der Waals surface area contributed by atoms with E-state index in [2.05, 4.69) is 10.3 Å². The summed E-state index contributed by atoms with van der Waals surface area (Å²) in [5.41, 5.74) is 5.72. The molecule has 3 aromatic carbocycles. The number of aromatic nitrogens is 2. The maximum atomic E-state index is 13.3. The maximum absolute atomic E-state index is 13.3. The van der Waals surface area contributed by atoms with Gasteiger partial charge in [0, 0.05) is 23.1 Å². The van der Waals surface area contributed by atoms with E-state index in [0.717, 1.165) is 22.3 Å². The van der Waals surface area contributed by atoms with Crippen LogP contribution >= 0.6 is 0 Å². The average Bonchev–Trinajstić information content (AvgIpc) is 3.22. The minimum atomic E-state index is -4.03. The predicted molar refractivity (Wildman–Crippen MR) is 130 cm³/mol. The molecule has 0 aliphatic rings. The number of benzene rings is 3. The van der Waals surface area contributed by atoms with Crippen LogP contribution < -0.4 is 5.32 Å². The number of sulfone groups is 1. The molecule has 0 aliphatic carbocycles. The normalized spacial score (nSPS) is 11.4. The summed E-state index contributed by atoms with van der Waals surface area (Å²) in [7, 11) is -4.03. The van der Waals surface area contributed by atoms with Gasteiger partial charge in [0.05, 0.1) is 5.69 Å². The Kier molecular flexibility index (Phi) is 6.16. The van der Waals surface area contributed by atoms with Crippen molar-refractivity contribution in [2.45, 2.75) is 25.9 Å².